The van der Waals surface area contributed by atoms with E-state index in [0.29, 0.717) is 0 Å². The number of rotatable bonds is 3. The third kappa shape index (κ3) is 4.53. The molecule has 3 nitrogen and oxygen atoms in total. The molecule has 0 aromatic heterocycles. The zero-order valence-electron chi connectivity index (χ0n) is 13.1. The van der Waals surface area contributed by atoms with Gasteiger partial charge >= 0.3 is 0 Å². The van der Waals surface area contributed by atoms with Crippen LogP contribution in [-0.2, 0) is 6.54 Å². The molecule has 2 heterocycles. The van der Waals surface area contributed by atoms with E-state index in [2.05, 4.69) is 45.4 Å². The van der Waals surface area contributed by atoms with Crippen molar-refractivity contribution in [2.45, 2.75) is 38.3 Å². The van der Waals surface area contributed by atoms with Crippen molar-refractivity contribution in [3.8, 4) is 0 Å². The maximum Gasteiger partial charge on any atom is 0.0234 e. The van der Waals surface area contributed by atoms with Crippen LogP contribution in [0.3, 0.4) is 0 Å². The summed E-state index contributed by atoms with van der Waals surface area (Å²) < 4.78 is 0. The van der Waals surface area contributed by atoms with E-state index in [1.54, 1.807) is 0 Å². The summed E-state index contributed by atoms with van der Waals surface area (Å²) in [6.07, 6.45) is 5.37. The maximum absolute atomic E-state index is 3.54. The molecule has 2 aliphatic heterocycles. The van der Waals surface area contributed by atoms with Gasteiger partial charge in [-0.25, -0.2) is 0 Å². The van der Waals surface area contributed by atoms with E-state index in [-0.39, 0.29) is 0 Å². The van der Waals surface area contributed by atoms with Crippen LogP contribution < -0.4 is 5.32 Å². The van der Waals surface area contributed by atoms with Gasteiger partial charge in [0.1, 0.15) is 0 Å². The predicted octanol–water partition coefficient (Wildman–Crippen LogP) is 2.34. The van der Waals surface area contributed by atoms with Gasteiger partial charge in [-0.3, -0.25) is 9.80 Å². The van der Waals surface area contributed by atoms with Crippen molar-refractivity contribution in [1.29, 1.82) is 0 Å². The van der Waals surface area contributed by atoms with Crippen LogP contribution in [0.2, 0.25) is 0 Å². The lowest BCUT2D eigenvalue weighted by molar-refractivity contribution is 0.183. The number of hydrogen-bond donors (Lipinski definition) is 1. The number of benzene rings is 1. The van der Waals surface area contributed by atoms with Crippen molar-refractivity contribution in [1.82, 2.24) is 15.1 Å². The molecule has 1 atom stereocenters. The van der Waals surface area contributed by atoms with E-state index in [1.165, 1.54) is 70.5 Å². The van der Waals surface area contributed by atoms with Crippen molar-refractivity contribution >= 4 is 0 Å². The zero-order chi connectivity index (χ0) is 14.3. The second kappa shape index (κ2) is 7.92. The predicted molar refractivity (Wildman–Crippen MR) is 88.4 cm³/mol. The molecule has 2 saturated heterocycles. The van der Waals surface area contributed by atoms with Crippen molar-refractivity contribution in [2.24, 2.45) is 0 Å². The third-order valence-corrected chi connectivity index (χ3v) is 4.93. The first-order valence-corrected chi connectivity index (χ1v) is 8.63. The summed E-state index contributed by atoms with van der Waals surface area (Å²) in [4.78, 5) is 5.39. The van der Waals surface area contributed by atoms with Gasteiger partial charge in [-0.1, -0.05) is 30.3 Å². The SMILES string of the molecule is c1ccc(CN2CCCN(C3CCCNCC3)CC2)cc1. The lowest BCUT2D eigenvalue weighted by Gasteiger charge is -2.29. The Balaban J connectivity index is 1.51. The highest BCUT2D eigenvalue weighted by molar-refractivity contribution is 5.14. The fourth-order valence-corrected chi connectivity index (χ4v) is 3.72. The van der Waals surface area contributed by atoms with Crippen LogP contribution in [-0.4, -0.2) is 55.1 Å². The van der Waals surface area contributed by atoms with E-state index in [9.17, 15) is 0 Å². The van der Waals surface area contributed by atoms with Gasteiger partial charge in [-0.2, -0.15) is 0 Å². The molecular formula is C18H29N3. The molecule has 3 heteroatoms. The third-order valence-electron chi connectivity index (χ3n) is 4.93. The molecule has 2 aliphatic rings. The Morgan fingerprint density at radius 1 is 0.905 bits per heavy atom. The highest BCUT2D eigenvalue weighted by atomic mass is 15.2. The lowest BCUT2D eigenvalue weighted by Crippen LogP contribution is -2.38. The molecule has 21 heavy (non-hydrogen) atoms. The van der Waals surface area contributed by atoms with Crippen molar-refractivity contribution in [2.75, 3.05) is 39.3 Å². The van der Waals surface area contributed by atoms with Crippen molar-refractivity contribution in [3.63, 3.8) is 0 Å². The molecule has 0 radical (unpaired) electrons. The van der Waals surface area contributed by atoms with E-state index in [4.69, 9.17) is 0 Å². The molecule has 0 saturated carbocycles. The van der Waals surface area contributed by atoms with E-state index < -0.39 is 0 Å². The Morgan fingerprint density at radius 2 is 1.81 bits per heavy atom. The van der Waals surface area contributed by atoms with Gasteiger partial charge in [0.25, 0.3) is 0 Å². The Labute approximate surface area is 129 Å². The first-order valence-electron chi connectivity index (χ1n) is 8.63. The molecule has 0 amide bonds. The summed E-state index contributed by atoms with van der Waals surface area (Å²) in [5, 5.41) is 3.54. The van der Waals surface area contributed by atoms with Crippen LogP contribution in [0.4, 0.5) is 0 Å². The fourth-order valence-electron chi connectivity index (χ4n) is 3.72. The summed E-state index contributed by atoms with van der Waals surface area (Å²) in [5.74, 6) is 0. The van der Waals surface area contributed by atoms with Gasteiger partial charge in [0.05, 0.1) is 0 Å². The minimum absolute atomic E-state index is 0.816. The van der Waals surface area contributed by atoms with Crippen LogP contribution in [0.1, 0.15) is 31.2 Å². The Morgan fingerprint density at radius 3 is 2.71 bits per heavy atom. The smallest absolute Gasteiger partial charge is 0.0234 e. The van der Waals surface area contributed by atoms with Crippen molar-refractivity contribution in [3.05, 3.63) is 35.9 Å². The zero-order valence-corrected chi connectivity index (χ0v) is 13.1. The van der Waals surface area contributed by atoms with E-state index in [1.807, 2.05) is 0 Å². The highest BCUT2D eigenvalue weighted by Crippen LogP contribution is 2.17. The summed E-state index contributed by atoms with van der Waals surface area (Å²) >= 11 is 0. The molecule has 1 aromatic rings. The van der Waals surface area contributed by atoms with Crippen LogP contribution in [0, 0.1) is 0 Å². The summed E-state index contributed by atoms with van der Waals surface area (Å²) in [7, 11) is 0. The quantitative estimate of drug-likeness (QED) is 0.920. The molecular weight excluding hydrogens is 258 g/mol. The minimum atomic E-state index is 0.816. The van der Waals surface area contributed by atoms with Gasteiger partial charge in [-0.05, 0) is 57.4 Å². The molecule has 1 N–H and O–H groups in total. The molecule has 1 unspecified atom stereocenters. The molecule has 116 valence electrons. The largest absolute Gasteiger partial charge is 0.317 e. The Bertz CT molecular complexity index is 398. The average Bonchev–Trinajstić information content (AvgIpc) is 2.91. The monoisotopic (exact) mass is 287 g/mol. The highest BCUT2D eigenvalue weighted by Gasteiger charge is 2.22. The van der Waals surface area contributed by atoms with Gasteiger partial charge in [-0.15, -0.1) is 0 Å². The van der Waals surface area contributed by atoms with Gasteiger partial charge < -0.3 is 5.32 Å². The second-order valence-electron chi connectivity index (χ2n) is 6.49. The average molecular weight is 287 g/mol. The van der Waals surface area contributed by atoms with Crippen LogP contribution in [0.15, 0.2) is 30.3 Å². The minimum Gasteiger partial charge on any atom is -0.317 e. The van der Waals surface area contributed by atoms with Crippen LogP contribution in [0.25, 0.3) is 0 Å². The van der Waals surface area contributed by atoms with Gasteiger partial charge in [0, 0.05) is 25.7 Å². The fraction of sp³-hybridized carbons (Fsp3) is 0.667. The normalized spacial score (nSPS) is 26.2. The molecule has 0 bridgehead atoms. The first-order chi connectivity index (χ1) is 10.4. The van der Waals surface area contributed by atoms with Gasteiger partial charge in [0.15, 0.2) is 0 Å². The standard InChI is InChI=1S/C18H29N3/c1-2-6-17(7-3-1)16-20-12-5-13-21(15-14-20)18-8-4-10-19-11-9-18/h1-3,6-7,18-19H,4-5,8-16H2. The lowest BCUT2D eigenvalue weighted by atomic mass is 10.1. The maximum atomic E-state index is 3.54. The Kier molecular flexibility index (Phi) is 5.67. The molecule has 1 aromatic carbocycles. The number of nitrogens with one attached hydrogen (secondary N) is 1. The van der Waals surface area contributed by atoms with E-state index >= 15 is 0 Å². The summed E-state index contributed by atoms with van der Waals surface area (Å²) in [6.45, 7) is 8.53. The summed E-state index contributed by atoms with van der Waals surface area (Å²) in [5.41, 5.74) is 1.45. The number of hydrogen-bond acceptors (Lipinski definition) is 3. The topological polar surface area (TPSA) is 18.5 Å². The first kappa shape index (κ1) is 15.0. The second-order valence-corrected chi connectivity index (χ2v) is 6.49. The van der Waals surface area contributed by atoms with Crippen LogP contribution >= 0.6 is 0 Å². The number of nitrogens with zero attached hydrogens (tertiary/aromatic N) is 2. The van der Waals surface area contributed by atoms with Crippen LogP contribution in [0.5, 0.6) is 0 Å². The molecule has 0 spiro atoms. The van der Waals surface area contributed by atoms with E-state index in [0.717, 1.165) is 12.6 Å². The van der Waals surface area contributed by atoms with Gasteiger partial charge in [0.2, 0.25) is 0 Å². The molecule has 2 fully saturated rings. The summed E-state index contributed by atoms with van der Waals surface area (Å²) in [6, 6.07) is 11.7. The molecule has 0 aliphatic carbocycles. The van der Waals surface area contributed by atoms with Crippen molar-refractivity contribution < 1.29 is 0 Å². The molecule has 3 rings (SSSR count). The Hall–Kier alpha value is -0.900.